The second-order valence-corrected chi connectivity index (χ2v) is 5.41. The van der Waals surface area contributed by atoms with E-state index in [4.69, 9.17) is 4.84 Å². The number of hydrogen-bond donors (Lipinski definition) is 1. The van der Waals surface area contributed by atoms with E-state index < -0.39 is 27.1 Å². The second-order valence-electron chi connectivity index (χ2n) is 5.41. The van der Waals surface area contributed by atoms with Crippen LogP contribution >= 0.6 is 0 Å². The predicted octanol–water partition coefficient (Wildman–Crippen LogP) is 3.20. The summed E-state index contributed by atoms with van der Waals surface area (Å²) in [6, 6.07) is 9.63. The van der Waals surface area contributed by atoms with E-state index in [1.54, 1.807) is 30.5 Å². The van der Waals surface area contributed by atoms with Gasteiger partial charge in [-0.25, -0.2) is 0 Å². The zero-order valence-electron chi connectivity index (χ0n) is 13.2. The van der Waals surface area contributed by atoms with Gasteiger partial charge >= 0.3 is 0 Å². The van der Waals surface area contributed by atoms with Crippen molar-refractivity contribution in [1.82, 2.24) is 0 Å². The molecule has 0 aromatic heterocycles. The highest BCUT2D eigenvalue weighted by Crippen LogP contribution is 2.31. The van der Waals surface area contributed by atoms with E-state index in [0.29, 0.717) is 17.7 Å². The second kappa shape index (κ2) is 6.97. The van der Waals surface area contributed by atoms with Gasteiger partial charge in [0.2, 0.25) is 0 Å². The van der Waals surface area contributed by atoms with E-state index in [9.17, 15) is 25.0 Å². The number of nitro groups is 2. The van der Waals surface area contributed by atoms with E-state index in [1.165, 1.54) is 0 Å². The van der Waals surface area contributed by atoms with Crippen molar-refractivity contribution in [3.8, 4) is 0 Å². The number of carbonyl (C=O) groups excluding carboxylic acids is 1. The number of non-ortho nitro benzene ring substituents is 2. The maximum atomic E-state index is 12.5. The molecule has 2 aromatic carbocycles. The zero-order valence-corrected chi connectivity index (χ0v) is 13.2. The molecule has 10 nitrogen and oxygen atoms in total. The number of hydrogen-bond acceptors (Lipinski definition) is 7. The molecule has 1 heterocycles. The number of oxime groups is 1. The maximum absolute atomic E-state index is 12.5. The van der Waals surface area contributed by atoms with Crippen LogP contribution in [-0.2, 0) is 4.84 Å². The van der Waals surface area contributed by atoms with E-state index >= 15 is 0 Å². The van der Waals surface area contributed by atoms with Gasteiger partial charge in [-0.2, -0.15) is 0 Å². The molecule has 3 rings (SSSR count). The summed E-state index contributed by atoms with van der Waals surface area (Å²) < 4.78 is 0. The number of nitrogens with one attached hydrogen (secondary N) is 1. The zero-order chi connectivity index (χ0) is 18.7. The molecular weight excluding hydrogens is 344 g/mol. The van der Waals surface area contributed by atoms with Crippen LogP contribution in [0.3, 0.4) is 0 Å². The first-order chi connectivity index (χ1) is 12.5. The predicted molar refractivity (Wildman–Crippen MR) is 91.1 cm³/mol. The lowest BCUT2D eigenvalue weighted by Crippen LogP contribution is -2.15. The van der Waals surface area contributed by atoms with E-state index in [1.807, 2.05) is 0 Å². The Hall–Kier alpha value is -3.82. The number of amides is 1. The van der Waals surface area contributed by atoms with Crippen LogP contribution < -0.4 is 5.32 Å². The summed E-state index contributed by atoms with van der Waals surface area (Å²) in [6.45, 7) is 0. The van der Waals surface area contributed by atoms with Crippen molar-refractivity contribution in [1.29, 1.82) is 0 Å². The summed E-state index contributed by atoms with van der Waals surface area (Å²) >= 11 is 0. The molecule has 10 heteroatoms. The molecule has 132 valence electrons. The molecule has 1 atom stereocenters. The van der Waals surface area contributed by atoms with Gasteiger partial charge in [-0.3, -0.25) is 25.0 Å². The molecule has 0 spiro atoms. The summed E-state index contributed by atoms with van der Waals surface area (Å²) in [5, 5.41) is 28.2. The average molecular weight is 356 g/mol. The standard InChI is InChI=1S/C16H12N4O6/c21-16(10-7-11(19(22)23)9-12(8-10)20(24)25)18-14-4-2-1-3-13(14)15-5-6-17-26-15/h1-4,6-9,15H,5H2,(H,18,21)/t15-/m0/s1. The summed E-state index contributed by atoms with van der Waals surface area (Å²) in [5.41, 5.74) is -0.153. The SMILES string of the molecule is O=C(Nc1ccccc1[C@@H]1CC=NO1)c1cc([N+](=O)[O-])cc([N+](=O)[O-])c1. The minimum atomic E-state index is -0.790. The van der Waals surface area contributed by atoms with Crippen molar-refractivity contribution in [2.75, 3.05) is 5.32 Å². The summed E-state index contributed by atoms with van der Waals surface area (Å²) in [6.07, 6.45) is 1.79. The number of nitro benzene ring substituents is 2. The Morgan fingerprint density at radius 1 is 1.12 bits per heavy atom. The van der Waals surface area contributed by atoms with E-state index in [-0.39, 0.29) is 11.7 Å². The Bertz CT molecular complexity index is 886. The Balaban J connectivity index is 1.91. The van der Waals surface area contributed by atoms with Crippen LogP contribution in [0.2, 0.25) is 0 Å². The molecule has 1 N–H and O–H groups in total. The molecule has 2 aromatic rings. The lowest BCUT2D eigenvalue weighted by Gasteiger charge is -2.14. The fourth-order valence-corrected chi connectivity index (χ4v) is 2.51. The highest BCUT2D eigenvalue weighted by molar-refractivity contribution is 6.05. The van der Waals surface area contributed by atoms with Gasteiger partial charge in [0.25, 0.3) is 17.3 Å². The van der Waals surface area contributed by atoms with Gasteiger partial charge in [0.1, 0.15) is 0 Å². The molecule has 0 bridgehead atoms. The van der Waals surface area contributed by atoms with Gasteiger partial charge in [-0.15, -0.1) is 0 Å². The first-order valence-electron chi connectivity index (χ1n) is 7.47. The Morgan fingerprint density at radius 3 is 2.35 bits per heavy atom. The molecule has 0 radical (unpaired) electrons. The highest BCUT2D eigenvalue weighted by atomic mass is 16.6. The van der Waals surface area contributed by atoms with Crippen LogP contribution in [0.1, 0.15) is 28.4 Å². The third-order valence-corrected chi connectivity index (χ3v) is 3.72. The van der Waals surface area contributed by atoms with Crippen LogP contribution in [0.5, 0.6) is 0 Å². The number of rotatable bonds is 5. The van der Waals surface area contributed by atoms with Crippen LogP contribution in [0.4, 0.5) is 17.1 Å². The Morgan fingerprint density at radius 2 is 1.77 bits per heavy atom. The topological polar surface area (TPSA) is 137 Å². The van der Waals surface area contributed by atoms with Gasteiger partial charge in [-0.1, -0.05) is 23.4 Å². The first-order valence-corrected chi connectivity index (χ1v) is 7.47. The normalized spacial score (nSPS) is 15.3. The summed E-state index contributed by atoms with van der Waals surface area (Å²) in [4.78, 5) is 38.0. The molecule has 0 fully saturated rings. The molecule has 0 unspecified atom stereocenters. The lowest BCUT2D eigenvalue weighted by molar-refractivity contribution is -0.394. The van der Waals surface area contributed by atoms with Crippen molar-refractivity contribution >= 4 is 29.2 Å². The van der Waals surface area contributed by atoms with Crippen LogP contribution in [0, 0.1) is 20.2 Å². The third kappa shape index (κ3) is 3.48. The van der Waals surface area contributed by atoms with Crippen LogP contribution in [0.25, 0.3) is 0 Å². The average Bonchev–Trinajstić information content (AvgIpc) is 3.16. The van der Waals surface area contributed by atoms with Crippen molar-refractivity contribution in [3.05, 3.63) is 73.8 Å². The number of para-hydroxylation sites is 1. The Kier molecular flexibility index (Phi) is 4.56. The minimum Gasteiger partial charge on any atom is -0.387 e. The van der Waals surface area contributed by atoms with Crippen molar-refractivity contribution in [2.45, 2.75) is 12.5 Å². The van der Waals surface area contributed by atoms with Gasteiger partial charge in [0.15, 0.2) is 6.10 Å². The van der Waals surface area contributed by atoms with Crippen LogP contribution in [0.15, 0.2) is 47.6 Å². The van der Waals surface area contributed by atoms with Crippen molar-refractivity contribution < 1.29 is 19.5 Å². The third-order valence-electron chi connectivity index (χ3n) is 3.72. The monoisotopic (exact) mass is 356 g/mol. The Labute approximate surface area is 146 Å². The molecular formula is C16H12N4O6. The molecule has 26 heavy (non-hydrogen) atoms. The molecule has 0 saturated heterocycles. The minimum absolute atomic E-state index is 0.190. The first kappa shape index (κ1) is 17.0. The maximum Gasteiger partial charge on any atom is 0.277 e. The van der Waals surface area contributed by atoms with Gasteiger partial charge in [0.05, 0.1) is 21.5 Å². The van der Waals surface area contributed by atoms with Gasteiger partial charge in [-0.05, 0) is 6.07 Å². The fourth-order valence-electron chi connectivity index (χ4n) is 2.51. The van der Waals surface area contributed by atoms with E-state index in [2.05, 4.69) is 10.5 Å². The number of benzene rings is 2. The summed E-state index contributed by atoms with van der Waals surface area (Å²) in [5.74, 6) is -0.705. The van der Waals surface area contributed by atoms with E-state index in [0.717, 1.165) is 18.2 Å². The molecule has 1 aliphatic heterocycles. The van der Waals surface area contributed by atoms with Crippen LogP contribution in [-0.4, -0.2) is 22.0 Å². The fraction of sp³-hybridized carbons (Fsp3) is 0.125. The number of nitrogens with zero attached hydrogens (tertiary/aromatic N) is 3. The molecule has 0 aliphatic carbocycles. The van der Waals surface area contributed by atoms with Gasteiger partial charge < -0.3 is 10.2 Å². The quantitative estimate of drug-likeness (QED) is 0.645. The number of carbonyl (C=O) groups is 1. The molecule has 1 amide bonds. The highest BCUT2D eigenvalue weighted by Gasteiger charge is 2.23. The smallest absolute Gasteiger partial charge is 0.277 e. The largest absolute Gasteiger partial charge is 0.387 e. The van der Waals surface area contributed by atoms with Crippen molar-refractivity contribution in [3.63, 3.8) is 0 Å². The van der Waals surface area contributed by atoms with Gasteiger partial charge in [0, 0.05) is 36.0 Å². The molecule has 0 saturated carbocycles. The summed E-state index contributed by atoms with van der Waals surface area (Å²) in [7, 11) is 0. The number of anilines is 1. The van der Waals surface area contributed by atoms with Crippen molar-refractivity contribution in [2.24, 2.45) is 5.16 Å². The molecule has 1 aliphatic rings. The lowest BCUT2D eigenvalue weighted by atomic mass is 10.0.